The Morgan fingerprint density at radius 3 is 2.46 bits per heavy atom. The Hall–Kier alpha value is -3.08. The number of carboxylic acid groups (broad SMARTS) is 1. The number of hydrogen-bond donors (Lipinski definition) is 2. The van der Waals surface area contributed by atoms with Crippen molar-refractivity contribution in [2.24, 2.45) is 5.92 Å². The van der Waals surface area contributed by atoms with Crippen molar-refractivity contribution in [3.8, 4) is 11.3 Å². The van der Waals surface area contributed by atoms with E-state index in [4.69, 9.17) is 9.52 Å². The van der Waals surface area contributed by atoms with E-state index in [0.717, 1.165) is 35.1 Å². The molecule has 0 amide bonds. The molecule has 0 spiro atoms. The number of furan rings is 1. The molecular weight excluding hydrogens is 357 g/mol. The van der Waals surface area contributed by atoms with Gasteiger partial charge in [0, 0.05) is 11.1 Å². The lowest BCUT2D eigenvalue weighted by atomic mass is 9.96. The van der Waals surface area contributed by atoms with Crippen LogP contribution in [0.1, 0.15) is 48.0 Å². The van der Waals surface area contributed by atoms with Gasteiger partial charge in [-0.05, 0) is 43.5 Å². The van der Waals surface area contributed by atoms with Crippen molar-refractivity contribution in [3.63, 3.8) is 0 Å². The maximum Gasteiger partial charge on any atom is 0.335 e. The van der Waals surface area contributed by atoms with Crippen molar-refractivity contribution in [2.75, 3.05) is 5.32 Å². The summed E-state index contributed by atoms with van der Waals surface area (Å²) in [5.74, 6) is 0.179. The zero-order valence-electron chi connectivity index (χ0n) is 16.2. The monoisotopic (exact) mass is 381 g/mol. The van der Waals surface area contributed by atoms with Gasteiger partial charge in [-0.25, -0.2) is 9.18 Å². The molecule has 0 fully saturated rings. The number of halogens is 1. The van der Waals surface area contributed by atoms with Crippen LogP contribution in [0.4, 0.5) is 10.1 Å². The van der Waals surface area contributed by atoms with Crippen molar-refractivity contribution in [1.29, 1.82) is 0 Å². The number of carbonyl (C=O) groups is 1. The van der Waals surface area contributed by atoms with E-state index in [1.54, 1.807) is 0 Å². The smallest absolute Gasteiger partial charge is 0.335 e. The van der Waals surface area contributed by atoms with E-state index in [2.05, 4.69) is 19.2 Å². The molecule has 3 rings (SSSR count). The Bertz CT molecular complexity index is 963. The zero-order valence-corrected chi connectivity index (χ0v) is 16.2. The summed E-state index contributed by atoms with van der Waals surface area (Å²) in [4.78, 5) is 11.0. The second kappa shape index (κ2) is 8.30. The molecule has 1 heterocycles. The van der Waals surface area contributed by atoms with Crippen LogP contribution in [0.25, 0.3) is 11.3 Å². The molecule has 2 N–H and O–H groups in total. The fraction of sp³-hybridized carbons (Fsp3) is 0.261. The van der Waals surface area contributed by atoms with Crippen LogP contribution in [0.15, 0.2) is 59.0 Å². The Morgan fingerprint density at radius 1 is 1.14 bits per heavy atom. The first-order valence-electron chi connectivity index (χ1n) is 9.30. The van der Waals surface area contributed by atoms with Gasteiger partial charge in [0.15, 0.2) is 0 Å². The molecule has 3 aromatic rings. The summed E-state index contributed by atoms with van der Waals surface area (Å²) in [6.07, 6.45) is 0.773. The SMILES string of the molecule is Cc1oc(-c2ccccc2)cc1C(CC(C)C)Nc1ccc(C(=O)O)cc1F. The fourth-order valence-corrected chi connectivity index (χ4v) is 3.27. The lowest BCUT2D eigenvalue weighted by molar-refractivity contribution is 0.0696. The molecule has 0 radical (unpaired) electrons. The predicted octanol–water partition coefficient (Wildman–Crippen LogP) is 6.29. The third-order valence-corrected chi connectivity index (χ3v) is 4.64. The summed E-state index contributed by atoms with van der Waals surface area (Å²) in [7, 11) is 0. The van der Waals surface area contributed by atoms with Crippen molar-refractivity contribution in [2.45, 2.75) is 33.2 Å². The van der Waals surface area contributed by atoms with Crippen LogP contribution in [0, 0.1) is 18.7 Å². The Morgan fingerprint density at radius 2 is 1.86 bits per heavy atom. The summed E-state index contributed by atoms with van der Waals surface area (Å²) in [5, 5.41) is 12.3. The predicted molar refractivity (Wildman–Crippen MR) is 108 cm³/mol. The minimum absolute atomic E-state index is 0.0747. The van der Waals surface area contributed by atoms with Crippen LogP contribution in [0.2, 0.25) is 0 Å². The number of nitrogens with one attached hydrogen (secondary N) is 1. The zero-order chi connectivity index (χ0) is 20.3. The second-order valence-corrected chi connectivity index (χ2v) is 7.31. The summed E-state index contributed by atoms with van der Waals surface area (Å²) >= 11 is 0. The molecular formula is C23H24FNO3. The minimum atomic E-state index is -1.15. The quantitative estimate of drug-likeness (QED) is 0.505. The van der Waals surface area contributed by atoms with Crippen molar-refractivity contribution >= 4 is 11.7 Å². The van der Waals surface area contributed by atoms with Crippen LogP contribution in [-0.4, -0.2) is 11.1 Å². The summed E-state index contributed by atoms with van der Waals surface area (Å²) in [6.45, 7) is 6.11. The molecule has 0 aliphatic carbocycles. The lowest BCUT2D eigenvalue weighted by Crippen LogP contribution is -2.15. The van der Waals surface area contributed by atoms with Crippen LogP contribution >= 0.6 is 0 Å². The largest absolute Gasteiger partial charge is 0.478 e. The average Bonchev–Trinajstić information content (AvgIpc) is 3.04. The molecule has 1 aromatic heterocycles. The number of aromatic carboxylic acids is 1. The third kappa shape index (κ3) is 4.42. The van der Waals surface area contributed by atoms with E-state index in [9.17, 15) is 9.18 Å². The molecule has 4 nitrogen and oxygen atoms in total. The van der Waals surface area contributed by atoms with Gasteiger partial charge in [0.2, 0.25) is 0 Å². The molecule has 0 saturated heterocycles. The molecule has 5 heteroatoms. The van der Waals surface area contributed by atoms with Crippen LogP contribution in [-0.2, 0) is 0 Å². The maximum absolute atomic E-state index is 14.4. The van der Waals surface area contributed by atoms with Gasteiger partial charge >= 0.3 is 5.97 Å². The number of benzene rings is 2. The molecule has 2 aromatic carbocycles. The normalized spacial score (nSPS) is 12.2. The van der Waals surface area contributed by atoms with Crippen molar-refractivity contribution < 1.29 is 18.7 Å². The van der Waals surface area contributed by atoms with Gasteiger partial charge < -0.3 is 14.8 Å². The van der Waals surface area contributed by atoms with Gasteiger partial charge in [0.25, 0.3) is 0 Å². The number of rotatable bonds is 7. The number of aryl methyl sites for hydroxylation is 1. The molecule has 146 valence electrons. The highest BCUT2D eigenvalue weighted by atomic mass is 19.1. The third-order valence-electron chi connectivity index (χ3n) is 4.64. The van der Waals surface area contributed by atoms with Gasteiger partial charge in [-0.3, -0.25) is 0 Å². The fourth-order valence-electron chi connectivity index (χ4n) is 3.27. The first-order valence-corrected chi connectivity index (χ1v) is 9.30. The highest BCUT2D eigenvalue weighted by Gasteiger charge is 2.21. The van der Waals surface area contributed by atoms with Crippen LogP contribution in [0.3, 0.4) is 0 Å². The Balaban J connectivity index is 1.93. The number of anilines is 1. The van der Waals surface area contributed by atoms with E-state index in [1.807, 2.05) is 43.3 Å². The number of hydrogen-bond acceptors (Lipinski definition) is 3. The van der Waals surface area contributed by atoms with E-state index < -0.39 is 11.8 Å². The standard InChI is InChI=1S/C23H24FNO3/c1-14(2)11-21(25-20-10-9-17(23(26)27)12-19(20)24)18-13-22(28-15(18)3)16-7-5-4-6-8-16/h4-10,12-14,21,25H,11H2,1-3H3,(H,26,27). The summed E-state index contributed by atoms with van der Waals surface area (Å²) < 4.78 is 20.4. The minimum Gasteiger partial charge on any atom is -0.478 e. The molecule has 1 atom stereocenters. The van der Waals surface area contributed by atoms with Gasteiger partial charge in [-0.15, -0.1) is 0 Å². The first kappa shape index (κ1) is 19.7. The topological polar surface area (TPSA) is 62.5 Å². The summed E-state index contributed by atoms with van der Waals surface area (Å²) in [5.41, 5.74) is 2.15. The maximum atomic E-state index is 14.4. The highest BCUT2D eigenvalue weighted by molar-refractivity contribution is 5.88. The van der Waals surface area contributed by atoms with E-state index in [-0.39, 0.29) is 17.3 Å². The number of carboxylic acids is 1. The van der Waals surface area contributed by atoms with Crippen LogP contribution in [0.5, 0.6) is 0 Å². The molecule has 0 saturated carbocycles. The van der Waals surface area contributed by atoms with Gasteiger partial charge in [0.05, 0.1) is 17.3 Å². The lowest BCUT2D eigenvalue weighted by Gasteiger charge is -2.22. The van der Waals surface area contributed by atoms with Gasteiger partial charge in [0.1, 0.15) is 17.3 Å². The summed E-state index contributed by atoms with van der Waals surface area (Å²) in [6, 6.07) is 15.6. The van der Waals surface area contributed by atoms with E-state index >= 15 is 0 Å². The second-order valence-electron chi connectivity index (χ2n) is 7.31. The molecule has 0 aliphatic heterocycles. The molecule has 28 heavy (non-hydrogen) atoms. The Labute approximate surface area is 164 Å². The van der Waals surface area contributed by atoms with E-state index in [1.165, 1.54) is 12.1 Å². The van der Waals surface area contributed by atoms with Crippen molar-refractivity contribution in [1.82, 2.24) is 0 Å². The molecule has 0 aliphatic rings. The molecule has 1 unspecified atom stereocenters. The highest BCUT2D eigenvalue weighted by Crippen LogP contribution is 2.34. The van der Waals surface area contributed by atoms with Crippen molar-refractivity contribution in [3.05, 3.63) is 77.3 Å². The molecule has 0 bridgehead atoms. The van der Waals surface area contributed by atoms with Crippen LogP contribution < -0.4 is 5.32 Å². The average molecular weight is 381 g/mol. The van der Waals surface area contributed by atoms with Gasteiger partial charge in [-0.2, -0.15) is 0 Å². The van der Waals surface area contributed by atoms with Gasteiger partial charge in [-0.1, -0.05) is 44.2 Å². The van der Waals surface area contributed by atoms with E-state index in [0.29, 0.717) is 5.92 Å². The Kier molecular flexibility index (Phi) is 5.83. The first-order chi connectivity index (χ1) is 13.3.